The Kier molecular flexibility index (Phi) is 4.41. The monoisotopic (exact) mass is 293 g/mol. The Morgan fingerprint density at radius 3 is 2.75 bits per heavy atom. The largest absolute Gasteiger partial charge is 0.348 e. The van der Waals surface area contributed by atoms with Crippen LogP contribution in [0.15, 0.2) is 30.7 Å². The van der Waals surface area contributed by atoms with E-state index in [0.29, 0.717) is 13.1 Å². The van der Waals surface area contributed by atoms with Crippen molar-refractivity contribution in [1.82, 2.24) is 15.0 Å². The molecule has 0 bridgehead atoms. The molecule has 0 amide bonds. The van der Waals surface area contributed by atoms with E-state index in [2.05, 4.69) is 15.0 Å². The molecule has 0 unspecified atom stereocenters. The lowest BCUT2D eigenvalue weighted by Gasteiger charge is -2.21. The third-order valence-corrected chi connectivity index (χ3v) is 2.98. The SMILES string of the molecule is CCN(Cc1ccccn1)c1ncnc(Cl)c1[N+](=O)[O-]. The van der Waals surface area contributed by atoms with Crippen molar-refractivity contribution in [3.63, 3.8) is 0 Å². The molecule has 104 valence electrons. The third-order valence-electron chi connectivity index (χ3n) is 2.70. The summed E-state index contributed by atoms with van der Waals surface area (Å²) in [4.78, 5) is 24.1. The van der Waals surface area contributed by atoms with Crippen LogP contribution in [-0.2, 0) is 6.54 Å². The average Bonchev–Trinajstić information content (AvgIpc) is 2.45. The number of aromatic nitrogens is 3. The van der Waals surface area contributed by atoms with Gasteiger partial charge in [-0.3, -0.25) is 15.1 Å². The molecule has 2 heterocycles. The maximum Gasteiger partial charge on any atom is 0.348 e. The summed E-state index contributed by atoms with van der Waals surface area (Å²) < 4.78 is 0. The molecular formula is C12H12ClN5O2. The molecule has 8 heteroatoms. The van der Waals surface area contributed by atoms with Crippen LogP contribution < -0.4 is 4.90 Å². The van der Waals surface area contributed by atoms with Gasteiger partial charge in [0.25, 0.3) is 0 Å². The molecule has 0 N–H and O–H groups in total. The number of pyridine rings is 1. The summed E-state index contributed by atoms with van der Waals surface area (Å²) in [5.41, 5.74) is 0.505. The highest BCUT2D eigenvalue weighted by atomic mass is 35.5. The second kappa shape index (κ2) is 6.25. The van der Waals surface area contributed by atoms with Gasteiger partial charge in [-0.1, -0.05) is 17.7 Å². The van der Waals surface area contributed by atoms with Crippen molar-refractivity contribution in [2.45, 2.75) is 13.5 Å². The van der Waals surface area contributed by atoms with Gasteiger partial charge in [-0.25, -0.2) is 9.97 Å². The number of halogens is 1. The summed E-state index contributed by atoms with van der Waals surface area (Å²) in [5, 5.41) is 10.9. The Morgan fingerprint density at radius 1 is 1.35 bits per heavy atom. The van der Waals surface area contributed by atoms with Gasteiger partial charge in [0.15, 0.2) is 0 Å². The summed E-state index contributed by atoms with van der Waals surface area (Å²) in [6.45, 7) is 2.82. The van der Waals surface area contributed by atoms with Crippen LogP contribution in [0.5, 0.6) is 0 Å². The predicted octanol–water partition coefficient (Wildman–Crippen LogP) is 2.46. The Morgan fingerprint density at radius 2 is 2.15 bits per heavy atom. The lowest BCUT2D eigenvalue weighted by Crippen LogP contribution is -2.24. The predicted molar refractivity (Wildman–Crippen MR) is 74.7 cm³/mol. The second-order valence-corrected chi connectivity index (χ2v) is 4.29. The average molecular weight is 294 g/mol. The summed E-state index contributed by atoms with van der Waals surface area (Å²) in [5.74, 6) is 0.197. The van der Waals surface area contributed by atoms with Crippen LogP contribution in [0.1, 0.15) is 12.6 Å². The molecule has 2 rings (SSSR count). The van der Waals surface area contributed by atoms with E-state index in [0.717, 1.165) is 5.69 Å². The van der Waals surface area contributed by atoms with E-state index >= 15 is 0 Å². The first-order valence-electron chi connectivity index (χ1n) is 5.93. The van der Waals surface area contributed by atoms with Crippen LogP contribution in [0.25, 0.3) is 0 Å². The minimum absolute atomic E-state index is 0.167. The molecule has 0 saturated carbocycles. The molecule has 0 aliphatic carbocycles. The second-order valence-electron chi connectivity index (χ2n) is 3.93. The smallest absolute Gasteiger partial charge is 0.345 e. The molecule has 0 spiro atoms. The molecule has 0 aliphatic heterocycles. The summed E-state index contributed by atoms with van der Waals surface area (Å²) >= 11 is 5.79. The molecule has 0 atom stereocenters. The molecule has 0 fully saturated rings. The van der Waals surface area contributed by atoms with E-state index in [9.17, 15) is 10.1 Å². The number of rotatable bonds is 5. The highest BCUT2D eigenvalue weighted by Gasteiger charge is 2.25. The van der Waals surface area contributed by atoms with E-state index in [4.69, 9.17) is 11.6 Å². The van der Waals surface area contributed by atoms with E-state index < -0.39 is 4.92 Å². The van der Waals surface area contributed by atoms with Gasteiger partial charge in [0.05, 0.1) is 17.2 Å². The van der Waals surface area contributed by atoms with Crippen LogP contribution in [0.2, 0.25) is 5.15 Å². The van der Waals surface area contributed by atoms with Gasteiger partial charge in [0.1, 0.15) is 6.33 Å². The van der Waals surface area contributed by atoms with Crippen molar-refractivity contribution < 1.29 is 4.92 Å². The van der Waals surface area contributed by atoms with Crippen LogP contribution in [0.4, 0.5) is 11.5 Å². The topological polar surface area (TPSA) is 85.0 Å². The summed E-state index contributed by atoms with van der Waals surface area (Å²) in [6.07, 6.45) is 2.89. The maximum absolute atomic E-state index is 11.1. The highest BCUT2D eigenvalue weighted by Crippen LogP contribution is 2.31. The van der Waals surface area contributed by atoms with Crippen molar-refractivity contribution in [3.05, 3.63) is 51.7 Å². The van der Waals surface area contributed by atoms with Gasteiger partial charge in [-0.2, -0.15) is 0 Å². The van der Waals surface area contributed by atoms with Crippen molar-refractivity contribution >= 4 is 23.1 Å². The fourth-order valence-electron chi connectivity index (χ4n) is 1.76. The maximum atomic E-state index is 11.1. The molecule has 0 aromatic carbocycles. The Hall–Kier alpha value is -2.28. The minimum atomic E-state index is -0.571. The zero-order valence-corrected chi connectivity index (χ0v) is 11.5. The molecule has 0 aliphatic rings. The molecular weight excluding hydrogens is 282 g/mol. The molecule has 7 nitrogen and oxygen atoms in total. The zero-order valence-electron chi connectivity index (χ0n) is 10.7. The fourth-order valence-corrected chi connectivity index (χ4v) is 1.96. The van der Waals surface area contributed by atoms with Gasteiger partial charge in [0.2, 0.25) is 11.0 Å². The van der Waals surface area contributed by atoms with E-state index in [1.165, 1.54) is 6.33 Å². The van der Waals surface area contributed by atoms with Crippen LogP contribution in [-0.4, -0.2) is 26.4 Å². The van der Waals surface area contributed by atoms with E-state index in [-0.39, 0.29) is 16.7 Å². The number of nitro groups is 1. The van der Waals surface area contributed by atoms with Gasteiger partial charge in [-0.15, -0.1) is 0 Å². The van der Waals surface area contributed by atoms with E-state index in [1.54, 1.807) is 11.1 Å². The van der Waals surface area contributed by atoms with E-state index in [1.807, 2.05) is 25.1 Å². The molecule has 2 aromatic rings. The number of hydrogen-bond acceptors (Lipinski definition) is 6. The number of hydrogen-bond donors (Lipinski definition) is 0. The number of nitrogens with zero attached hydrogens (tertiary/aromatic N) is 5. The van der Waals surface area contributed by atoms with Crippen molar-refractivity contribution in [1.29, 1.82) is 0 Å². The highest BCUT2D eigenvalue weighted by molar-refractivity contribution is 6.31. The Bertz CT molecular complexity index is 608. The summed E-state index contributed by atoms with van der Waals surface area (Å²) in [6, 6.07) is 5.51. The first-order valence-corrected chi connectivity index (χ1v) is 6.31. The standard InChI is InChI=1S/C12H12ClN5O2/c1-2-17(7-9-5-3-4-6-14-9)12-10(18(19)20)11(13)15-8-16-12/h3-6,8H,2,7H2,1H3. The lowest BCUT2D eigenvalue weighted by molar-refractivity contribution is -0.384. The van der Waals surface area contributed by atoms with Crippen LogP contribution >= 0.6 is 11.6 Å². The van der Waals surface area contributed by atoms with Crippen molar-refractivity contribution in [2.24, 2.45) is 0 Å². The van der Waals surface area contributed by atoms with Gasteiger partial charge < -0.3 is 4.90 Å². The van der Waals surface area contributed by atoms with Crippen molar-refractivity contribution in [2.75, 3.05) is 11.4 Å². The fraction of sp³-hybridized carbons (Fsp3) is 0.250. The first kappa shape index (κ1) is 14.1. The first-order chi connectivity index (χ1) is 9.63. The zero-order chi connectivity index (χ0) is 14.5. The normalized spacial score (nSPS) is 10.3. The quantitative estimate of drug-likeness (QED) is 0.478. The van der Waals surface area contributed by atoms with Crippen molar-refractivity contribution in [3.8, 4) is 0 Å². The van der Waals surface area contributed by atoms with Crippen LogP contribution in [0, 0.1) is 10.1 Å². The lowest BCUT2D eigenvalue weighted by atomic mass is 10.3. The van der Waals surface area contributed by atoms with Crippen LogP contribution in [0.3, 0.4) is 0 Å². The molecule has 2 aromatic heterocycles. The Labute approximate surface area is 120 Å². The van der Waals surface area contributed by atoms with Gasteiger partial charge in [0, 0.05) is 12.7 Å². The molecule has 20 heavy (non-hydrogen) atoms. The van der Waals surface area contributed by atoms with Gasteiger partial charge >= 0.3 is 5.69 Å². The third kappa shape index (κ3) is 3.00. The molecule has 0 saturated heterocycles. The molecule has 0 radical (unpaired) electrons. The Balaban J connectivity index is 2.37. The van der Waals surface area contributed by atoms with Gasteiger partial charge in [-0.05, 0) is 19.1 Å². The number of anilines is 1. The summed E-state index contributed by atoms with van der Waals surface area (Å²) in [7, 11) is 0. The minimum Gasteiger partial charge on any atom is -0.345 e.